The number of hydrogen-bond acceptors (Lipinski definition) is 3. The molecule has 1 saturated heterocycles. The minimum atomic E-state index is -0.133. The summed E-state index contributed by atoms with van der Waals surface area (Å²) in [6, 6.07) is 14.1. The van der Waals surface area contributed by atoms with Gasteiger partial charge in [0.05, 0.1) is 5.75 Å². The Morgan fingerprint density at radius 2 is 1.83 bits per heavy atom. The monoisotopic (exact) mass is 408 g/mol. The van der Waals surface area contributed by atoms with E-state index in [4.69, 9.17) is 0 Å². The van der Waals surface area contributed by atoms with Crippen LogP contribution >= 0.6 is 11.8 Å². The first kappa shape index (κ1) is 20.0. The summed E-state index contributed by atoms with van der Waals surface area (Å²) in [5.74, 6) is 0.778. The van der Waals surface area contributed by atoms with E-state index in [0.29, 0.717) is 5.75 Å². The topological polar surface area (TPSA) is 49.4 Å². The minimum Gasteiger partial charge on any atom is -0.325 e. The van der Waals surface area contributed by atoms with Crippen molar-refractivity contribution in [3.63, 3.8) is 0 Å². The molecule has 1 atom stereocenters. The molecule has 0 radical (unpaired) electrons. The largest absolute Gasteiger partial charge is 0.325 e. The lowest BCUT2D eigenvalue weighted by Gasteiger charge is -2.28. The second kappa shape index (κ2) is 8.62. The predicted octanol–water partition coefficient (Wildman–Crippen LogP) is 5.60. The van der Waals surface area contributed by atoms with Crippen LogP contribution in [0.3, 0.4) is 0 Å². The van der Waals surface area contributed by atoms with Gasteiger partial charge in [-0.1, -0.05) is 49.6 Å². The van der Waals surface area contributed by atoms with E-state index >= 15 is 0 Å². The normalized spacial score (nSPS) is 20.1. The summed E-state index contributed by atoms with van der Waals surface area (Å²) in [6.07, 6.45) is 5.44. The fourth-order valence-corrected chi connectivity index (χ4v) is 5.52. The van der Waals surface area contributed by atoms with E-state index in [1.807, 2.05) is 43.0 Å². The third-order valence-electron chi connectivity index (χ3n) is 5.95. The van der Waals surface area contributed by atoms with Crippen molar-refractivity contribution in [3.05, 3.63) is 59.2 Å². The number of hydrogen-bond donors (Lipinski definition) is 1. The number of rotatable bonds is 4. The van der Waals surface area contributed by atoms with Gasteiger partial charge in [-0.3, -0.25) is 14.5 Å². The Morgan fingerprint density at radius 1 is 1.07 bits per heavy atom. The van der Waals surface area contributed by atoms with Crippen LogP contribution < -0.4 is 10.2 Å². The Balaban J connectivity index is 1.64. The van der Waals surface area contributed by atoms with Gasteiger partial charge in [0.2, 0.25) is 11.8 Å². The van der Waals surface area contributed by atoms with Crippen molar-refractivity contribution in [1.82, 2.24) is 0 Å². The minimum absolute atomic E-state index is 0.102. The quantitative estimate of drug-likeness (QED) is 0.716. The lowest BCUT2D eigenvalue weighted by Crippen LogP contribution is -2.30. The van der Waals surface area contributed by atoms with Gasteiger partial charge in [-0.05, 0) is 49.9 Å². The molecule has 2 amide bonds. The zero-order chi connectivity index (χ0) is 20.4. The van der Waals surface area contributed by atoms with E-state index in [1.54, 1.807) is 11.8 Å². The summed E-state index contributed by atoms with van der Waals surface area (Å²) in [4.78, 5) is 27.6. The first-order chi connectivity index (χ1) is 14.0. The Labute approximate surface area is 177 Å². The zero-order valence-corrected chi connectivity index (χ0v) is 17.9. The van der Waals surface area contributed by atoms with E-state index < -0.39 is 0 Å². The van der Waals surface area contributed by atoms with Crippen molar-refractivity contribution in [2.24, 2.45) is 5.92 Å². The summed E-state index contributed by atoms with van der Waals surface area (Å²) in [5.41, 5.74) is 4.99. The van der Waals surface area contributed by atoms with Crippen molar-refractivity contribution >= 4 is 35.0 Å². The highest BCUT2D eigenvalue weighted by Crippen LogP contribution is 2.45. The fraction of sp³-hybridized carbons (Fsp3) is 0.417. The number of nitrogens with one attached hydrogen (secondary N) is 1. The number of nitrogens with zero attached hydrogens (tertiary/aromatic N) is 1. The van der Waals surface area contributed by atoms with Gasteiger partial charge in [0.25, 0.3) is 0 Å². The van der Waals surface area contributed by atoms with Crippen molar-refractivity contribution < 1.29 is 9.59 Å². The summed E-state index contributed by atoms with van der Waals surface area (Å²) in [5, 5.41) is 3.05. The molecule has 29 heavy (non-hydrogen) atoms. The second-order valence-electron chi connectivity index (χ2n) is 8.13. The number of anilines is 2. The number of amides is 2. The third-order valence-corrected chi connectivity index (χ3v) is 7.15. The van der Waals surface area contributed by atoms with Crippen molar-refractivity contribution in [2.75, 3.05) is 16.0 Å². The van der Waals surface area contributed by atoms with Crippen LogP contribution in [-0.2, 0) is 9.59 Å². The number of carbonyl (C=O) groups excluding carboxylic acids is 2. The van der Waals surface area contributed by atoms with Crippen LogP contribution in [0.2, 0.25) is 0 Å². The van der Waals surface area contributed by atoms with Gasteiger partial charge >= 0.3 is 0 Å². The highest BCUT2D eigenvalue weighted by Gasteiger charge is 2.36. The molecule has 152 valence electrons. The molecular weight excluding hydrogens is 380 g/mol. The average molecular weight is 409 g/mol. The smallest absolute Gasteiger partial charge is 0.238 e. The van der Waals surface area contributed by atoms with E-state index in [-0.39, 0.29) is 23.1 Å². The van der Waals surface area contributed by atoms with Crippen molar-refractivity contribution in [1.29, 1.82) is 0 Å². The molecule has 0 aromatic heterocycles. The van der Waals surface area contributed by atoms with Gasteiger partial charge in [0.1, 0.15) is 5.37 Å². The molecule has 5 heteroatoms. The van der Waals surface area contributed by atoms with Crippen LogP contribution in [0.15, 0.2) is 42.5 Å². The molecule has 0 spiro atoms. The Hall–Kier alpha value is -2.27. The second-order valence-corrected chi connectivity index (χ2v) is 9.20. The van der Waals surface area contributed by atoms with E-state index in [0.717, 1.165) is 53.7 Å². The molecule has 1 N–H and O–H groups in total. The molecule has 1 aliphatic heterocycles. The van der Waals surface area contributed by atoms with Crippen LogP contribution in [0.1, 0.15) is 54.2 Å². The molecule has 2 fully saturated rings. The maximum absolute atomic E-state index is 12.9. The Bertz CT molecular complexity index is 921. The maximum atomic E-state index is 12.9. The van der Waals surface area contributed by atoms with Gasteiger partial charge in [-0.25, -0.2) is 0 Å². The number of aryl methyl sites for hydroxylation is 2. The first-order valence-electron chi connectivity index (χ1n) is 10.5. The lowest BCUT2D eigenvalue weighted by atomic mass is 9.88. The van der Waals surface area contributed by atoms with Crippen LogP contribution in [0.5, 0.6) is 0 Å². The maximum Gasteiger partial charge on any atom is 0.238 e. The molecule has 1 saturated carbocycles. The van der Waals surface area contributed by atoms with Crippen molar-refractivity contribution in [3.8, 4) is 0 Å². The molecule has 2 aromatic carbocycles. The molecule has 2 aliphatic rings. The van der Waals surface area contributed by atoms with Crippen LogP contribution in [0.25, 0.3) is 0 Å². The highest BCUT2D eigenvalue weighted by atomic mass is 32.2. The molecule has 0 bridgehead atoms. The predicted molar refractivity (Wildman–Crippen MR) is 120 cm³/mol. The molecule has 1 heterocycles. The summed E-state index contributed by atoms with van der Waals surface area (Å²) in [7, 11) is 0. The van der Waals surface area contributed by atoms with E-state index in [1.165, 1.54) is 6.42 Å². The van der Waals surface area contributed by atoms with Crippen LogP contribution in [0, 0.1) is 19.8 Å². The number of benzene rings is 2. The van der Waals surface area contributed by atoms with Gasteiger partial charge in [0.15, 0.2) is 0 Å². The molecular formula is C24H28N2O2S. The number of thioether (sulfide) groups is 1. The molecule has 4 rings (SSSR count). The summed E-state index contributed by atoms with van der Waals surface area (Å²) < 4.78 is 0. The zero-order valence-electron chi connectivity index (χ0n) is 17.1. The number of para-hydroxylation sites is 1. The highest BCUT2D eigenvalue weighted by molar-refractivity contribution is 8.00. The molecule has 1 unspecified atom stereocenters. The molecule has 2 aromatic rings. The van der Waals surface area contributed by atoms with Gasteiger partial charge in [-0.15, -0.1) is 11.8 Å². The van der Waals surface area contributed by atoms with Gasteiger partial charge in [-0.2, -0.15) is 0 Å². The molecule has 4 nitrogen and oxygen atoms in total. The van der Waals surface area contributed by atoms with Gasteiger partial charge < -0.3 is 5.32 Å². The lowest BCUT2D eigenvalue weighted by molar-refractivity contribution is -0.120. The summed E-state index contributed by atoms with van der Waals surface area (Å²) >= 11 is 1.62. The molecule has 1 aliphatic carbocycles. The SMILES string of the molecule is Cc1ccc(C)c(N2C(=O)CSC2c2ccccc2NC(=O)C2CCCCC2)c1. The average Bonchev–Trinajstić information content (AvgIpc) is 3.12. The van der Waals surface area contributed by atoms with Crippen molar-refractivity contribution in [2.45, 2.75) is 51.3 Å². The fourth-order valence-electron chi connectivity index (χ4n) is 4.32. The van der Waals surface area contributed by atoms with Crippen LogP contribution in [-0.4, -0.2) is 17.6 Å². The Kier molecular flexibility index (Phi) is 5.95. The first-order valence-corrected chi connectivity index (χ1v) is 11.5. The van der Waals surface area contributed by atoms with E-state index in [9.17, 15) is 9.59 Å². The Morgan fingerprint density at radius 3 is 2.62 bits per heavy atom. The summed E-state index contributed by atoms with van der Waals surface area (Å²) in [6.45, 7) is 4.09. The van der Waals surface area contributed by atoms with E-state index in [2.05, 4.69) is 23.5 Å². The van der Waals surface area contributed by atoms with Crippen LogP contribution in [0.4, 0.5) is 11.4 Å². The standard InChI is InChI=1S/C24H28N2O2S/c1-16-12-13-17(2)21(14-16)26-22(27)15-29-24(26)19-10-6-7-11-20(19)25-23(28)18-8-4-3-5-9-18/h6-7,10-14,18,24H,3-5,8-9,15H2,1-2H3,(H,25,28). The van der Waals surface area contributed by atoms with Gasteiger partial charge in [0, 0.05) is 22.9 Å². The number of carbonyl (C=O) groups is 2. The third kappa shape index (κ3) is 4.20.